The molecule has 3 heterocycles. The summed E-state index contributed by atoms with van der Waals surface area (Å²) >= 11 is 0. The van der Waals surface area contributed by atoms with Crippen LogP contribution in [0.3, 0.4) is 0 Å². The lowest BCUT2D eigenvalue weighted by Gasteiger charge is -2.14. The topological polar surface area (TPSA) is 99.2 Å². The average molecular weight is 397 g/mol. The molecule has 5 rings (SSSR count). The molecule has 0 saturated carbocycles. The Morgan fingerprint density at radius 2 is 1.87 bits per heavy atom. The Labute approximate surface area is 172 Å². The molecule has 0 aliphatic carbocycles. The molecule has 148 valence electrons. The van der Waals surface area contributed by atoms with Crippen LogP contribution >= 0.6 is 0 Å². The van der Waals surface area contributed by atoms with Crippen molar-refractivity contribution in [2.24, 2.45) is 7.05 Å². The standard InChI is InChI=1S/C21H19N9/c1-14(15-6-4-3-5-7-15)24-21-22-11-10-19(25-21)30-13-23-17-12-16(8-9-18(17)30)20-26-27-28-29(20)2/h3-14H,1-2H3,(H,22,24,25). The summed E-state index contributed by atoms with van der Waals surface area (Å²) in [6, 6.07) is 18.1. The number of anilines is 1. The third kappa shape index (κ3) is 3.26. The van der Waals surface area contributed by atoms with Gasteiger partial charge in [0.05, 0.1) is 17.1 Å². The van der Waals surface area contributed by atoms with Gasteiger partial charge in [0.1, 0.15) is 12.1 Å². The summed E-state index contributed by atoms with van der Waals surface area (Å²) in [6.45, 7) is 2.08. The van der Waals surface area contributed by atoms with E-state index in [0.717, 1.165) is 22.4 Å². The van der Waals surface area contributed by atoms with Crippen molar-refractivity contribution in [3.63, 3.8) is 0 Å². The third-order valence-corrected chi connectivity index (χ3v) is 4.96. The van der Waals surface area contributed by atoms with Gasteiger partial charge in [-0.1, -0.05) is 30.3 Å². The zero-order chi connectivity index (χ0) is 20.5. The predicted molar refractivity (Wildman–Crippen MR) is 113 cm³/mol. The van der Waals surface area contributed by atoms with Gasteiger partial charge in [0, 0.05) is 18.8 Å². The normalized spacial score (nSPS) is 12.2. The van der Waals surface area contributed by atoms with E-state index in [1.54, 1.807) is 17.2 Å². The van der Waals surface area contributed by atoms with Gasteiger partial charge in [0.25, 0.3) is 0 Å². The number of nitrogens with zero attached hydrogens (tertiary/aromatic N) is 8. The molecule has 0 spiro atoms. The molecule has 3 aromatic heterocycles. The third-order valence-electron chi connectivity index (χ3n) is 4.96. The van der Waals surface area contributed by atoms with Crippen molar-refractivity contribution in [3.8, 4) is 17.2 Å². The number of benzene rings is 2. The molecule has 1 unspecified atom stereocenters. The minimum Gasteiger partial charge on any atom is -0.348 e. The first kappa shape index (κ1) is 17.9. The number of hydrogen-bond donors (Lipinski definition) is 1. The number of tetrazole rings is 1. The summed E-state index contributed by atoms with van der Waals surface area (Å²) in [4.78, 5) is 13.6. The van der Waals surface area contributed by atoms with Crippen molar-refractivity contribution in [2.45, 2.75) is 13.0 Å². The minimum absolute atomic E-state index is 0.0866. The molecule has 9 heteroatoms. The van der Waals surface area contributed by atoms with Gasteiger partial charge in [0.15, 0.2) is 5.82 Å². The van der Waals surface area contributed by atoms with Gasteiger partial charge in [-0.25, -0.2) is 14.6 Å². The molecule has 1 N–H and O–H groups in total. The van der Waals surface area contributed by atoms with Gasteiger partial charge in [0.2, 0.25) is 5.95 Å². The Morgan fingerprint density at radius 1 is 1.00 bits per heavy atom. The maximum atomic E-state index is 4.68. The molecular formula is C21H19N9. The fraction of sp³-hybridized carbons (Fsp3) is 0.143. The number of nitrogens with one attached hydrogen (secondary N) is 1. The second kappa shape index (κ2) is 7.36. The lowest BCUT2D eigenvalue weighted by molar-refractivity contribution is 0.715. The molecule has 30 heavy (non-hydrogen) atoms. The van der Waals surface area contributed by atoms with Crippen LogP contribution < -0.4 is 5.32 Å². The van der Waals surface area contributed by atoms with Gasteiger partial charge in [-0.15, -0.1) is 5.10 Å². The zero-order valence-electron chi connectivity index (χ0n) is 16.5. The fourth-order valence-electron chi connectivity index (χ4n) is 3.38. The van der Waals surface area contributed by atoms with E-state index < -0.39 is 0 Å². The Hall–Kier alpha value is -4.14. The van der Waals surface area contributed by atoms with Crippen LogP contribution in [0.1, 0.15) is 18.5 Å². The van der Waals surface area contributed by atoms with E-state index in [-0.39, 0.29) is 6.04 Å². The van der Waals surface area contributed by atoms with Gasteiger partial charge >= 0.3 is 0 Å². The van der Waals surface area contributed by atoms with Crippen LogP contribution in [0.4, 0.5) is 5.95 Å². The molecule has 0 aliphatic heterocycles. The molecule has 0 fully saturated rings. The molecule has 0 radical (unpaired) electrons. The Balaban J connectivity index is 1.46. The largest absolute Gasteiger partial charge is 0.348 e. The van der Waals surface area contributed by atoms with Gasteiger partial charge in [-0.2, -0.15) is 4.98 Å². The number of fused-ring (bicyclic) bond motifs is 1. The predicted octanol–water partition coefficient (Wildman–Crippen LogP) is 3.18. The summed E-state index contributed by atoms with van der Waals surface area (Å²) in [7, 11) is 1.81. The SMILES string of the molecule is CC(Nc1nccc(-n2cnc3cc(-c4nnnn4C)ccc32)n1)c1ccccc1. The highest BCUT2D eigenvalue weighted by Gasteiger charge is 2.12. The molecule has 0 saturated heterocycles. The van der Waals surface area contributed by atoms with Crippen LogP contribution in [0.5, 0.6) is 0 Å². The van der Waals surface area contributed by atoms with E-state index in [9.17, 15) is 0 Å². The number of imidazole rings is 1. The van der Waals surface area contributed by atoms with Crippen molar-refractivity contribution in [1.82, 2.24) is 39.7 Å². The smallest absolute Gasteiger partial charge is 0.225 e. The molecular weight excluding hydrogens is 378 g/mol. The van der Waals surface area contributed by atoms with Crippen LogP contribution in [-0.4, -0.2) is 39.7 Å². The first-order valence-electron chi connectivity index (χ1n) is 9.54. The molecule has 0 aliphatic rings. The first-order valence-corrected chi connectivity index (χ1v) is 9.54. The minimum atomic E-state index is 0.0866. The van der Waals surface area contributed by atoms with Crippen LogP contribution in [0.2, 0.25) is 0 Å². The number of aryl methyl sites for hydroxylation is 1. The Morgan fingerprint density at radius 3 is 2.67 bits per heavy atom. The van der Waals surface area contributed by atoms with Crippen molar-refractivity contribution in [1.29, 1.82) is 0 Å². The zero-order valence-corrected chi connectivity index (χ0v) is 16.5. The van der Waals surface area contributed by atoms with Gasteiger partial charge in [-0.3, -0.25) is 4.57 Å². The summed E-state index contributed by atoms with van der Waals surface area (Å²) < 4.78 is 3.57. The van der Waals surface area contributed by atoms with E-state index in [1.165, 1.54) is 5.56 Å². The Kier molecular flexibility index (Phi) is 4.40. The maximum Gasteiger partial charge on any atom is 0.225 e. The first-order chi connectivity index (χ1) is 14.7. The van der Waals surface area contributed by atoms with E-state index in [1.807, 2.05) is 54.1 Å². The highest BCUT2D eigenvalue weighted by Crippen LogP contribution is 2.24. The summed E-state index contributed by atoms with van der Waals surface area (Å²) in [5, 5.41) is 15.0. The monoisotopic (exact) mass is 397 g/mol. The molecule has 0 amide bonds. The lowest BCUT2D eigenvalue weighted by atomic mass is 10.1. The molecule has 9 nitrogen and oxygen atoms in total. The van der Waals surface area contributed by atoms with E-state index in [4.69, 9.17) is 0 Å². The summed E-state index contributed by atoms with van der Waals surface area (Å²) in [5.41, 5.74) is 3.85. The number of hydrogen-bond acceptors (Lipinski definition) is 7. The van der Waals surface area contributed by atoms with Crippen LogP contribution in [0.15, 0.2) is 67.1 Å². The fourth-order valence-corrected chi connectivity index (χ4v) is 3.38. The molecule has 5 aromatic rings. The van der Waals surface area contributed by atoms with Crippen molar-refractivity contribution >= 4 is 17.0 Å². The second-order valence-corrected chi connectivity index (χ2v) is 6.96. The van der Waals surface area contributed by atoms with E-state index in [2.05, 4.69) is 54.9 Å². The van der Waals surface area contributed by atoms with Crippen molar-refractivity contribution < 1.29 is 0 Å². The van der Waals surface area contributed by atoms with Gasteiger partial charge in [-0.05, 0) is 47.2 Å². The van der Waals surface area contributed by atoms with Crippen LogP contribution in [0, 0.1) is 0 Å². The van der Waals surface area contributed by atoms with E-state index in [0.29, 0.717) is 11.8 Å². The number of rotatable bonds is 5. The molecule has 2 aromatic carbocycles. The number of aromatic nitrogens is 8. The summed E-state index contributed by atoms with van der Waals surface area (Å²) in [6.07, 6.45) is 3.50. The van der Waals surface area contributed by atoms with Gasteiger partial charge < -0.3 is 5.32 Å². The summed E-state index contributed by atoms with van der Waals surface area (Å²) in [5.74, 6) is 1.99. The Bertz CT molecular complexity index is 1310. The highest BCUT2D eigenvalue weighted by molar-refractivity contribution is 5.82. The quantitative estimate of drug-likeness (QED) is 0.486. The lowest BCUT2D eigenvalue weighted by Crippen LogP contribution is -2.10. The maximum absolute atomic E-state index is 4.68. The average Bonchev–Trinajstić information content (AvgIpc) is 3.40. The second-order valence-electron chi connectivity index (χ2n) is 6.96. The van der Waals surface area contributed by atoms with Crippen molar-refractivity contribution in [2.75, 3.05) is 5.32 Å². The van der Waals surface area contributed by atoms with E-state index >= 15 is 0 Å². The van der Waals surface area contributed by atoms with Crippen LogP contribution in [0.25, 0.3) is 28.2 Å². The molecule has 1 atom stereocenters. The van der Waals surface area contributed by atoms with Crippen LogP contribution in [-0.2, 0) is 7.05 Å². The van der Waals surface area contributed by atoms with Crippen molar-refractivity contribution in [3.05, 3.63) is 72.7 Å². The molecule has 0 bridgehead atoms. The highest BCUT2D eigenvalue weighted by atomic mass is 15.5.